The number of sulfonamides is 1. The van der Waals surface area contributed by atoms with Crippen molar-refractivity contribution >= 4 is 49.9 Å². The highest BCUT2D eigenvalue weighted by Gasteiger charge is 2.39. The summed E-state index contributed by atoms with van der Waals surface area (Å²) in [6.07, 6.45) is 7.73. The quantitative estimate of drug-likeness (QED) is 0.569. The first kappa shape index (κ1) is 26.1. The summed E-state index contributed by atoms with van der Waals surface area (Å²) >= 11 is 7.47. The Morgan fingerprint density at radius 2 is 1.94 bits per heavy atom. The third-order valence-electron chi connectivity index (χ3n) is 6.92. The maximum Gasteiger partial charge on any atom is 0.248 e. The van der Waals surface area contributed by atoms with Gasteiger partial charge in [-0.2, -0.15) is 4.31 Å². The highest BCUT2D eigenvalue weighted by atomic mass is 35.5. The Balaban J connectivity index is 1.53. The molecule has 1 aliphatic heterocycles. The van der Waals surface area contributed by atoms with Crippen molar-refractivity contribution < 1.29 is 18.0 Å². The molecule has 0 spiro atoms. The number of amides is 2. The van der Waals surface area contributed by atoms with Gasteiger partial charge in [0.15, 0.2) is 5.13 Å². The van der Waals surface area contributed by atoms with Crippen LogP contribution in [-0.2, 0) is 19.6 Å². The number of carbonyl (C=O) groups is 2. The Morgan fingerprint density at radius 1 is 1.20 bits per heavy atom. The van der Waals surface area contributed by atoms with Gasteiger partial charge in [-0.3, -0.25) is 9.59 Å². The molecule has 2 aromatic rings. The molecule has 2 heterocycles. The molecule has 11 heteroatoms. The van der Waals surface area contributed by atoms with E-state index in [1.165, 1.54) is 22.1 Å². The summed E-state index contributed by atoms with van der Waals surface area (Å²) in [5.41, 5.74) is 1.20. The average Bonchev–Trinajstić information content (AvgIpc) is 3.33. The number of carbonyl (C=O) groups excluding carboxylic acids is 2. The first-order valence-corrected chi connectivity index (χ1v) is 14.6. The third-order valence-corrected chi connectivity index (χ3v) is 10.0. The number of hydrogen-bond acceptors (Lipinski definition) is 6. The number of benzene rings is 1. The van der Waals surface area contributed by atoms with Crippen LogP contribution in [0.3, 0.4) is 0 Å². The van der Waals surface area contributed by atoms with E-state index in [1.807, 2.05) is 0 Å². The molecule has 1 saturated heterocycles. The minimum absolute atomic E-state index is 0.126. The molecule has 1 N–H and O–H groups in total. The van der Waals surface area contributed by atoms with Crippen molar-refractivity contribution in [1.29, 1.82) is 0 Å². The van der Waals surface area contributed by atoms with Gasteiger partial charge in [-0.25, -0.2) is 13.4 Å². The zero-order chi connectivity index (χ0) is 25.2. The molecular weight excluding hydrogens is 508 g/mol. The number of hydrogen-bond donors (Lipinski definition) is 1. The van der Waals surface area contributed by atoms with E-state index in [1.54, 1.807) is 42.5 Å². The lowest BCUT2D eigenvalue weighted by Crippen LogP contribution is -2.58. The number of piperazine rings is 1. The lowest BCUT2D eigenvalue weighted by atomic mass is 9.84. The van der Waals surface area contributed by atoms with Gasteiger partial charge in [0.2, 0.25) is 21.8 Å². The van der Waals surface area contributed by atoms with Crippen LogP contribution >= 0.6 is 22.9 Å². The third kappa shape index (κ3) is 5.87. The van der Waals surface area contributed by atoms with Crippen molar-refractivity contribution in [2.75, 3.05) is 25.0 Å². The number of nitrogens with zero attached hydrogens (tertiary/aromatic N) is 3. The Morgan fingerprint density at radius 3 is 2.60 bits per heavy atom. The fourth-order valence-corrected chi connectivity index (χ4v) is 7.38. The highest BCUT2D eigenvalue weighted by Crippen LogP contribution is 2.31. The topological polar surface area (TPSA) is 99.7 Å². The standard InChI is InChI=1S/C24H31ClN4O4S2/c1-16-13-21(17(2)12-19(16)25)35(32,33)28-9-10-29(22(30)15-28)20(14-18-6-4-3-5-7-18)23(31)27-24-26-8-11-34-24/h8,11-13,18,20H,3-7,9-10,14-15H2,1-2H3,(H,26,27,31)/t20-/m0/s1. The number of aromatic nitrogens is 1. The van der Waals surface area contributed by atoms with Gasteiger partial charge in [0.1, 0.15) is 6.04 Å². The van der Waals surface area contributed by atoms with Crippen LogP contribution in [0.5, 0.6) is 0 Å². The largest absolute Gasteiger partial charge is 0.328 e. The fraction of sp³-hybridized carbons (Fsp3) is 0.542. The van der Waals surface area contributed by atoms with Crippen LogP contribution < -0.4 is 5.32 Å². The van der Waals surface area contributed by atoms with E-state index in [-0.39, 0.29) is 36.3 Å². The maximum atomic E-state index is 13.4. The van der Waals surface area contributed by atoms with Crippen LogP contribution in [0.25, 0.3) is 0 Å². The predicted molar refractivity (Wildman–Crippen MR) is 137 cm³/mol. The summed E-state index contributed by atoms with van der Waals surface area (Å²) in [7, 11) is -3.88. The van der Waals surface area contributed by atoms with Crippen LogP contribution in [0, 0.1) is 19.8 Å². The second kappa shape index (κ2) is 10.9. The van der Waals surface area contributed by atoms with Crippen LogP contribution in [0.2, 0.25) is 5.02 Å². The van der Waals surface area contributed by atoms with E-state index < -0.39 is 16.1 Å². The van der Waals surface area contributed by atoms with Crippen molar-refractivity contribution in [2.24, 2.45) is 5.92 Å². The minimum Gasteiger partial charge on any atom is -0.328 e. The molecule has 0 radical (unpaired) electrons. The summed E-state index contributed by atoms with van der Waals surface area (Å²) in [6.45, 7) is 3.43. The van der Waals surface area contributed by atoms with E-state index >= 15 is 0 Å². The summed E-state index contributed by atoms with van der Waals surface area (Å²) < 4.78 is 28.0. The molecule has 0 unspecified atom stereocenters. The highest BCUT2D eigenvalue weighted by molar-refractivity contribution is 7.89. The molecule has 1 aliphatic carbocycles. The average molecular weight is 539 g/mol. The van der Waals surface area contributed by atoms with E-state index in [9.17, 15) is 18.0 Å². The van der Waals surface area contributed by atoms with Gasteiger partial charge < -0.3 is 10.2 Å². The van der Waals surface area contributed by atoms with E-state index in [0.29, 0.717) is 33.6 Å². The van der Waals surface area contributed by atoms with Gasteiger partial charge in [0.05, 0.1) is 11.4 Å². The Labute approximate surface area is 215 Å². The second-order valence-corrected chi connectivity index (χ2v) is 12.6. The predicted octanol–water partition coefficient (Wildman–Crippen LogP) is 4.22. The van der Waals surface area contributed by atoms with Crippen LogP contribution in [0.4, 0.5) is 5.13 Å². The molecule has 1 aromatic carbocycles. The van der Waals surface area contributed by atoms with Gasteiger partial charge in [-0.15, -0.1) is 11.3 Å². The van der Waals surface area contributed by atoms with Crippen molar-refractivity contribution in [3.05, 3.63) is 39.9 Å². The van der Waals surface area contributed by atoms with Gasteiger partial charge in [-0.05, 0) is 49.4 Å². The number of anilines is 1. The first-order valence-electron chi connectivity index (χ1n) is 11.9. The first-order chi connectivity index (χ1) is 16.7. The van der Waals surface area contributed by atoms with Crippen LogP contribution in [-0.4, -0.2) is 60.1 Å². The van der Waals surface area contributed by atoms with E-state index in [4.69, 9.17) is 11.6 Å². The number of halogens is 1. The Hall–Kier alpha value is -2.01. The molecule has 0 bridgehead atoms. The van der Waals surface area contributed by atoms with Gasteiger partial charge in [-0.1, -0.05) is 43.7 Å². The monoisotopic (exact) mass is 538 g/mol. The van der Waals surface area contributed by atoms with Gasteiger partial charge in [0, 0.05) is 29.7 Å². The smallest absolute Gasteiger partial charge is 0.248 e. The van der Waals surface area contributed by atoms with Crippen LogP contribution in [0.1, 0.15) is 49.7 Å². The number of rotatable bonds is 7. The molecule has 8 nitrogen and oxygen atoms in total. The molecular formula is C24H31ClN4O4S2. The lowest BCUT2D eigenvalue weighted by molar-refractivity contribution is -0.142. The van der Waals surface area contributed by atoms with E-state index in [2.05, 4.69) is 10.3 Å². The maximum absolute atomic E-state index is 13.4. The number of nitrogens with one attached hydrogen (secondary N) is 1. The summed E-state index contributed by atoms with van der Waals surface area (Å²) in [4.78, 5) is 32.4. The summed E-state index contributed by atoms with van der Waals surface area (Å²) in [5, 5.41) is 5.62. The molecule has 4 rings (SSSR count). The van der Waals surface area contributed by atoms with E-state index in [0.717, 1.165) is 25.7 Å². The minimum atomic E-state index is -3.88. The second-order valence-electron chi connectivity index (χ2n) is 9.37. The van der Waals surface area contributed by atoms with Gasteiger partial charge >= 0.3 is 0 Å². The van der Waals surface area contributed by atoms with Crippen molar-refractivity contribution in [3.8, 4) is 0 Å². The zero-order valence-corrected chi connectivity index (χ0v) is 22.4. The molecule has 2 amide bonds. The molecule has 35 heavy (non-hydrogen) atoms. The van der Waals surface area contributed by atoms with Gasteiger partial charge in [0.25, 0.3) is 0 Å². The van der Waals surface area contributed by atoms with Crippen LogP contribution in [0.15, 0.2) is 28.6 Å². The van der Waals surface area contributed by atoms with Crippen molar-refractivity contribution in [3.63, 3.8) is 0 Å². The molecule has 2 fully saturated rings. The summed E-state index contributed by atoms with van der Waals surface area (Å²) in [6, 6.07) is 2.53. The Kier molecular flexibility index (Phi) is 8.15. The molecule has 2 aliphatic rings. The van der Waals surface area contributed by atoms with Crippen molar-refractivity contribution in [1.82, 2.24) is 14.2 Å². The zero-order valence-electron chi connectivity index (χ0n) is 20.0. The number of aryl methyl sites for hydroxylation is 2. The molecule has 1 saturated carbocycles. The molecule has 1 aromatic heterocycles. The number of thiazole rings is 1. The van der Waals surface area contributed by atoms with Crippen molar-refractivity contribution in [2.45, 2.75) is 63.3 Å². The normalized spacial score (nSPS) is 19.1. The molecule has 1 atom stereocenters. The molecule has 190 valence electrons. The SMILES string of the molecule is Cc1cc(S(=O)(=O)N2CCN([C@@H](CC3CCCCC3)C(=O)Nc3nccs3)C(=O)C2)c(C)cc1Cl. The summed E-state index contributed by atoms with van der Waals surface area (Å²) in [5.74, 6) is -0.261. The Bertz CT molecular complexity index is 1180. The lowest BCUT2D eigenvalue weighted by Gasteiger charge is -2.39. The fourth-order valence-electron chi connectivity index (χ4n) is 4.96.